The first-order valence-corrected chi connectivity index (χ1v) is 45.7. The molecule has 17 nitrogen and oxygen atoms in total. The third-order valence-electron chi connectivity index (χ3n) is 19.3. The van der Waals surface area contributed by atoms with E-state index in [0.29, 0.717) is 31.6 Å². The smallest absolute Gasteiger partial charge is 0.462 e. The zero-order valence-corrected chi connectivity index (χ0v) is 69.0. The molecule has 0 saturated heterocycles. The van der Waals surface area contributed by atoms with E-state index < -0.39 is 97.5 Å². The number of esters is 4. The van der Waals surface area contributed by atoms with Gasteiger partial charge in [-0.2, -0.15) is 0 Å². The third-order valence-corrected chi connectivity index (χ3v) is 21.2. The quantitative estimate of drug-likeness (QED) is 0.0222. The van der Waals surface area contributed by atoms with Crippen molar-refractivity contribution in [1.82, 2.24) is 0 Å². The summed E-state index contributed by atoms with van der Waals surface area (Å²) in [6, 6.07) is 0. The number of rotatable bonds is 80. The van der Waals surface area contributed by atoms with Gasteiger partial charge in [-0.05, 0) is 49.4 Å². The van der Waals surface area contributed by atoms with Crippen molar-refractivity contribution in [2.75, 3.05) is 39.6 Å². The molecule has 3 unspecified atom stereocenters. The lowest BCUT2D eigenvalue weighted by atomic mass is 10.0. The summed E-state index contributed by atoms with van der Waals surface area (Å²) in [6.07, 6.45) is 59.7. The minimum Gasteiger partial charge on any atom is -0.462 e. The van der Waals surface area contributed by atoms with Crippen LogP contribution in [-0.4, -0.2) is 96.7 Å². The predicted octanol–water partition coefficient (Wildman–Crippen LogP) is 24.8. The van der Waals surface area contributed by atoms with E-state index in [0.717, 1.165) is 114 Å². The van der Waals surface area contributed by atoms with Gasteiger partial charge in [0.1, 0.15) is 19.3 Å². The summed E-state index contributed by atoms with van der Waals surface area (Å²) >= 11 is 0. The molecule has 0 saturated carbocycles. The van der Waals surface area contributed by atoms with Crippen LogP contribution in [0.15, 0.2) is 0 Å². The van der Waals surface area contributed by atoms with Crippen LogP contribution in [0.2, 0.25) is 0 Å². The molecule has 0 heterocycles. The summed E-state index contributed by atoms with van der Waals surface area (Å²) in [7, 11) is -9.93. The highest BCUT2D eigenvalue weighted by molar-refractivity contribution is 7.47. The first-order chi connectivity index (χ1) is 49.1. The third kappa shape index (κ3) is 76.3. The monoisotopic (exact) mass is 1490 g/mol. The average molecular weight is 1490 g/mol. The Bertz CT molecular complexity index is 1990. The van der Waals surface area contributed by atoms with Crippen LogP contribution in [0.3, 0.4) is 0 Å². The molecule has 0 amide bonds. The second kappa shape index (κ2) is 72.0. The number of aliphatic hydroxyl groups is 1. The van der Waals surface area contributed by atoms with Crippen molar-refractivity contribution >= 4 is 39.5 Å². The fraction of sp³-hybridized carbons (Fsp3) is 0.952. The first kappa shape index (κ1) is 100. The van der Waals surface area contributed by atoms with Crippen LogP contribution < -0.4 is 0 Å². The minimum absolute atomic E-state index is 0.107. The number of unbranched alkanes of at least 4 members (excludes halogenated alkanes) is 46. The maximum atomic E-state index is 13.1. The Balaban J connectivity index is 5.23. The Labute approximate surface area is 626 Å². The number of hydrogen-bond donors (Lipinski definition) is 3. The van der Waals surface area contributed by atoms with E-state index >= 15 is 0 Å². The van der Waals surface area contributed by atoms with Crippen LogP contribution in [0.1, 0.15) is 428 Å². The lowest BCUT2D eigenvalue weighted by Crippen LogP contribution is -2.30. The van der Waals surface area contributed by atoms with Crippen LogP contribution in [0.25, 0.3) is 0 Å². The van der Waals surface area contributed by atoms with Gasteiger partial charge < -0.3 is 33.8 Å². The highest BCUT2D eigenvalue weighted by Crippen LogP contribution is 2.45. The summed E-state index contributed by atoms with van der Waals surface area (Å²) in [5, 5.41) is 10.7. The molecule has 0 aromatic heterocycles. The van der Waals surface area contributed by atoms with Gasteiger partial charge in [-0.15, -0.1) is 0 Å². The van der Waals surface area contributed by atoms with E-state index in [4.69, 9.17) is 37.0 Å². The lowest BCUT2D eigenvalue weighted by molar-refractivity contribution is -0.161. The maximum absolute atomic E-state index is 13.1. The molecule has 606 valence electrons. The number of phosphoric acid groups is 2. The molecule has 0 aromatic carbocycles. The molecule has 0 spiro atoms. The van der Waals surface area contributed by atoms with Gasteiger partial charge in [0.15, 0.2) is 12.2 Å². The second-order valence-electron chi connectivity index (χ2n) is 31.8. The Morgan fingerprint density at radius 3 is 0.608 bits per heavy atom. The fourth-order valence-electron chi connectivity index (χ4n) is 12.8. The Morgan fingerprint density at radius 1 is 0.245 bits per heavy atom. The summed E-state index contributed by atoms with van der Waals surface area (Å²) in [4.78, 5) is 73.1. The van der Waals surface area contributed by atoms with E-state index in [-0.39, 0.29) is 25.7 Å². The van der Waals surface area contributed by atoms with Gasteiger partial charge in [0, 0.05) is 25.7 Å². The highest BCUT2D eigenvalue weighted by atomic mass is 31.2. The summed E-state index contributed by atoms with van der Waals surface area (Å²) in [5.41, 5.74) is 0. The molecule has 0 aliphatic heterocycles. The van der Waals surface area contributed by atoms with Gasteiger partial charge in [-0.25, -0.2) is 9.13 Å². The van der Waals surface area contributed by atoms with E-state index in [2.05, 4.69) is 55.4 Å². The molecule has 0 aliphatic rings. The Morgan fingerprint density at radius 2 is 0.412 bits per heavy atom. The van der Waals surface area contributed by atoms with Crippen LogP contribution in [0.4, 0.5) is 0 Å². The molecule has 5 atom stereocenters. The summed E-state index contributed by atoms with van der Waals surface area (Å²) < 4.78 is 68.8. The van der Waals surface area contributed by atoms with Gasteiger partial charge in [0.05, 0.1) is 26.4 Å². The van der Waals surface area contributed by atoms with Crippen LogP contribution in [-0.2, 0) is 65.4 Å². The summed E-state index contributed by atoms with van der Waals surface area (Å²) in [6.45, 7) is 14.3. The normalized spacial score (nSPS) is 14.0. The SMILES string of the molecule is CC(C)CCCCCCCCCCCCCCCCCCC(=O)O[C@H](COC(=O)CCCCCCCCCC(C)C)COP(=O)(O)OCC(O)COP(=O)(O)OC[C@@H](COC(=O)CCCCCCCCCCCCCCC(C)C)OC(=O)CCCCCCCCCCCCCCCCCC(C)C. The van der Waals surface area contributed by atoms with Crippen LogP contribution in [0.5, 0.6) is 0 Å². The Kier molecular flexibility index (Phi) is 70.6. The molecule has 0 fully saturated rings. The molecule has 0 rings (SSSR count). The number of phosphoric ester groups is 2. The van der Waals surface area contributed by atoms with Crippen molar-refractivity contribution in [2.24, 2.45) is 23.7 Å². The average Bonchev–Trinajstić information content (AvgIpc) is 0.917. The molecule has 102 heavy (non-hydrogen) atoms. The number of aliphatic hydroxyl groups excluding tert-OH is 1. The lowest BCUT2D eigenvalue weighted by Gasteiger charge is -2.21. The number of hydrogen-bond acceptors (Lipinski definition) is 15. The van der Waals surface area contributed by atoms with Gasteiger partial charge in [0.25, 0.3) is 0 Å². The fourth-order valence-corrected chi connectivity index (χ4v) is 14.4. The van der Waals surface area contributed by atoms with E-state index in [9.17, 15) is 43.2 Å². The van der Waals surface area contributed by atoms with Gasteiger partial charge in [0.2, 0.25) is 0 Å². The number of carbonyl (C=O) groups is 4. The second-order valence-corrected chi connectivity index (χ2v) is 34.7. The van der Waals surface area contributed by atoms with Crippen LogP contribution in [0, 0.1) is 23.7 Å². The van der Waals surface area contributed by atoms with E-state index in [1.165, 1.54) is 225 Å². The van der Waals surface area contributed by atoms with Crippen molar-refractivity contribution in [3.63, 3.8) is 0 Å². The minimum atomic E-state index is -4.96. The van der Waals surface area contributed by atoms with Crippen molar-refractivity contribution in [2.45, 2.75) is 446 Å². The Hall–Kier alpha value is -1.94. The standard InChI is InChI=1S/C83H162O17P2/c1-73(2)59-51-43-35-28-22-16-12-9-10-14-18-26-32-40-49-57-66-83(88)100-79(70-94-81(86)64-56-48-42-34-38-46-54-62-76(7)8)72-98-102(91,92)96-68-77(84)67-95-101(89,90)97-71-78(69-93-80(85)63-55-47-39-31-25-21-20-24-30-37-45-53-61-75(5)6)99-82(87)65-58-50-41-33-27-19-15-11-13-17-23-29-36-44-52-60-74(3)4/h73-79,84H,9-72H2,1-8H3,(H,89,90)(H,91,92)/t77?,78-,79-/m1/s1. The predicted molar refractivity (Wildman–Crippen MR) is 418 cm³/mol. The van der Waals surface area contributed by atoms with Crippen molar-refractivity contribution in [3.05, 3.63) is 0 Å². The molecule has 0 aliphatic carbocycles. The van der Waals surface area contributed by atoms with E-state index in [1.807, 2.05) is 0 Å². The van der Waals surface area contributed by atoms with Gasteiger partial charge >= 0.3 is 39.5 Å². The van der Waals surface area contributed by atoms with Crippen molar-refractivity contribution in [1.29, 1.82) is 0 Å². The van der Waals surface area contributed by atoms with Gasteiger partial charge in [-0.1, -0.05) is 376 Å². The van der Waals surface area contributed by atoms with E-state index in [1.54, 1.807) is 0 Å². The molecule has 0 radical (unpaired) electrons. The van der Waals surface area contributed by atoms with Crippen molar-refractivity contribution in [3.8, 4) is 0 Å². The maximum Gasteiger partial charge on any atom is 0.472 e. The summed E-state index contributed by atoms with van der Waals surface area (Å²) in [5.74, 6) is 0.987. The molecule has 0 bridgehead atoms. The molecular formula is C83H162O17P2. The zero-order valence-electron chi connectivity index (χ0n) is 67.2. The zero-order chi connectivity index (χ0) is 75.3. The number of carbonyl (C=O) groups excluding carboxylic acids is 4. The molecule has 3 N–H and O–H groups in total. The molecule has 0 aromatic rings. The highest BCUT2D eigenvalue weighted by Gasteiger charge is 2.30. The van der Waals surface area contributed by atoms with Crippen molar-refractivity contribution < 1.29 is 80.2 Å². The largest absolute Gasteiger partial charge is 0.472 e. The number of ether oxygens (including phenoxy) is 4. The first-order valence-electron chi connectivity index (χ1n) is 42.7. The molecule has 19 heteroatoms. The molecular weight excluding hydrogens is 1330 g/mol. The topological polar surface area (TPSA) is 237 Å². The van der Waals surface area contributed by atoms with Crippen LogP contribution >= 0.6 is 15.6 Å². The van der Waals surface area contributed by atoms with Gasteiger partial charge in [-0.3, -0.25) is 37.3 Å².